The van der Waals surface area contributed by atoms with E-state index in [4.69, 9.17) is 70.2 Å². The SMILES string of the molecule is NCCOCCOCCOCCN1CCN(C2CCC(n3cc(-c4ccc(Oc5ccccc5)cc4)c4c(N)ncnc43)CC2)CC1.Nc1ncnc2c1c(-c1ccc(Oc3ccccc3)cc1)cn2C1CCC(N2CCN(CCOCCOCCOCCNC(=O)CNc3cccc4c3C(=O)N(C3CCCNC3=O)C4=O)CC2)CC1.O=C(O)CNc1cccc2c1C(=O)N(C1CCCNC1=O)C2=O. The van der Waals surface area contributed by atoms with E-state index in [-0.39, 0.29) is 58.8 Å². The normalized spacial score (nSPS) is 19.8. The quantitative estimate of drug-likeness (QED) is 0.0127. The molecule has 4 saturated heterocycles. The van der Waals surface area contributed by atoms with Crippen molar-refractivity contribution in [1.29, 1.82) is 0 Å². The van der Waals surface area contributed by atoms with Crippen LogP contribution in [0, 0.1) is 0 Å². The summed E-state index contributed by atoms with van der Waals surface area (Å²) < 4.78 is 50.5. The van der Waals surface area contributed by atoms with Gasteiger partial charge in [-0.1, -0.05) is 72.8 Å². The lowest BCUT2D eigenvalue weighted by Crippen LogP contribution is -2.52. The van der Waals surface area contributed by atoms with E-state index in [1.54, 1.807) is 36.9 Å². The molecule has 8 aliphatic rings. The van der Waals surface area contributed by atoms with Crippen molar-refractivity contribution < 1.29 is 81.4 Å². The van der Waals surface area contributed by atoms with Gasteiger partial charge in [-0.15, -0.1) is 0 Å². The van der Waals surface area contributed by atoms with Crippen LogP contribution in [0.5, 0.6) is 23.0 Å². The number of hydrogen-bond donors (Lipinski definition) is 9. The monoisotopic (exact) mass is 1900 g/mol. The number of amides is 7. The number of anilines is 4. The van der Waals surface area contributed by atoms with Crippen LogP contribution in [0.2, 0.25) is 0 Å². The maximum absolute atomic E-state index is 13.3. The molecule has 4 aromatic heterocycles. The molecule has 18 rings (SSSR count). The van der Waals surface area contributed by atoms with Gasteiger partial charge in [0.1, 0.15) is 77.2 Å². The van der Waals surface area contributed by atoms with Crippen LogP contribution >= 0.6 is 0 Å². The highest BCUT2D eigenvalue weighted by atomic mass is 16.6. The summed E-state index contributed by atoms with van der Waals surface area (Å²) in [6.07, 6.45) is 18.9. The molecule has 12 N–H and O–H groups in total. The number of nitrogens with zero attached hydrogens (tertiary/aromatic N) is 12. The van der Waals surface area contributed by atoms with Gasteiger partial charge in [0, 0.05) is 151 Å². The van der Waals surface area contributed by atoms with Crippen LogP contribution in [0.15, 0.2) is 171 Å². The van der Waals surface area contributed by atoms with Crippen molar-refractivity contribution in [3.63, 3.8) is 0 Å². The number of ether oxygens (including phenoxy) is 8. The smallest absolute Gasteiger partial charge is 0.322 e. The molecule has 10 aromatic rings. The topological polar surface area (TPSA) is 450 Å². The number of carbonyl (C=O) groups excluding carboxylic acids is 7. The zero-order valence-corrected chi connectivity index (χ0v) is 78.5. The molecule has 37 heteroatoms. The summed E-state index contributed by atoms with van der Waals surface area (Å²) in [4.78, 5) is 130. The number of carbonyl (C=O) groups is 8. The summed E-state index contributed by atoms with van der Waals surface area (Å²) in [7, 11) is 0. The molecule has 139 heavy (non-hydrogen) atoms. The largest absolute Gasteiger partial charge is 0.480 e. The molecule has 2 unspecified atom stereocenters. The number of piperidine rings is 2. The Morgan fingerprint density at radius 1 is 0.403 bits per heavy atom. The second-order valence-corrected chi connectivity index (χ2v) is 35.6. The van der Waals surface area contributed by atoms with Crippen molar-refractivity contribution >= 4 is 92.4 Å². The van der Waals surface area contributed by atoms with Crippen molar-refractivity contribution in [3.05, 3.63) is 193 Å². The molecule has 7 amide bonds. The average molecular weight is 1900 g/mol. The Hall–Kier alpha value is -12.9. The van der Waals surface area contributed by atoms with Gasteiger partial charge in [0.2, 0.25) is 17.7 Å². The second-order valence-electron chi connectivity index (χ2n) is 35.6. The van der Waals surface area contributed by atoms with Gasteiger partial charge < -0.3 is 95.9 Å². The predicted octanol–water partition coefficient (Wildman–Crippen LogP) is 9.37. The van der Waals surface area contributed by atoms with Crippen molar-refractivity contribution in [2.45, 2.75) is 113 Å². The van der Waals surface area contributed by atoms with Crippen LogP contribution in [0.25, 0.3) is 44.3 Å². The number of nitrogen functional groups attached to an aromatic ring is 2. The first-order chi connectivity index (χ1) is 68.0. The summed E-state index contributed by atoms with van der Waals surface area (Å²) in [5.41, 5.74) is 25.7. The molecule has 10 heterocycles. The molecule has 0 radical (unpaired) electrons. The van der Waals surface area contributed by atoms with Crippen LogP contribution in [0.4, 0.5) is 23.0 Å². The Kier molecular flexibility index (Phi) is 35.0. The lowest BCUT2D eigenvalue weighted by molar-refractivity contribution is -0.135. The molecule has 2 saturated carbocycles. The molecule has 6 aliphatic heterocycles. The summed E-state index contributed by atoms with van der Waals surface area (Å²) >= 11 is 0. The maximum Gasteiger partial charge on any atom is 0.322 e. The first-order valence-corrected chi connectivity index (χ1v) is 48.5. The minimum Gasteiger partial charge on any atom is -0.480 e. The summed E-state index contributed by atoms with van der Waals surface area (Å²) in [6.45, 7) is 18.4. The Balaban J connectivity index is 0.000000170. The number of benzene rings is 6. The standard InChI is InChI=1S/C51H62N10O8.C36H49N7O4.C15H15N3O5/c52-47-46-41(35-11-17-39(18-12-35)69-38-6-2-1-3-7-38)33-60(48(46)57-34-56-47)37-15-13-36(14-16-37)59-23-21-58(22-24-59)25-27-67-29-31-68-30-28-66-26-20-53-44(62)32-55-42-9-4-8-40-45(42)51(65)61(50(40)64)43-10-5-19-54-49(43)63;37-14-20-44-22-24-46-25-23-45-21-19-41-15-17-42(18-16-41)29-8-10-30(11-9-29)43-26-33(34-35(38)39-27-40-36(34)43)28-6-12-32(13-7-28)47-31-4-2-1-3-5-31;19-11(20)7-17-9-4-1-3-8-12(9)15(23)18(14(8)22)10-5-2-6-16-13(10)21/h1-4,6-9,11-12,17-18,33-34,36-37,43,55H,5,10,13-16,19-32H2,(H,53,62)(H,54,63)(H2,52,56,57);1-7,12-13,26-27,29-30H,8-11,14-25,37H2,(H2,38,39,40);1,3-4,10,17H,2,5-7H2,(H,16,21)(H,19,20). The average Bonchev–Trinajstić information content (AvgIpc) is 1.64. The number of fused-ring (bicyclic) bond motifs is 4. The van der Waals surface area contributed by atoms with Crippen molar-refractivity contribution in [3.8, 4) is 45.3 Å². The van der Waals surface area contributed by atoms with Crippen LogP contribution < -0.4 is 53.3 Å². The van der Waals surface area contributed by atoms with E-state index in [9.17, 15) is 38.4 Å². The number of nitrogens with two attached hydrogens (primary N) is 3. The third-order valence-electron chi connectivity index (χ3n) is 26.9. The summed E-state index contributed by atoms with van der Waals surface area (Å²) in [6, 6.07) is 45.7. The van der Waals surface area contributed by atoms with Gasteiger partial charge in [-0.05, 0) is 161 Å². The van der Waals surface area contributed by atoms with Crippen LogP contribution in [-0.4, -0.2) is 319 Å². The highest BCUT2D eigenvalue weighted by molar-refractivity contribution is 6.26. The molecule has 6 fully saturated rings. The number of hydrogen-bond acceptors (Lipinski definition) is 29. The van der Waals surface area contributed by atoms with Gasteiger partial charge in [0.05, 0.1) is 119 Å². The molecule has 2 atom stereocenters. The lowest BCUT2D eigenvalue weighted by Gasteiger charge is -2.42. The Bertz CT molecular complexity index is 5810. The number of para-hydroxylation sites is 2. The first-order valence-electron chi connectivity index (χ1n) is 48.5. The summed E-state index contributed by atoms with van der Waals surface area (Å²) in [5, 5.41) is 24.3. The molecule has 37 nitrogen and oxygen atoms in total. The molecular formula is C102H126N20O17. The van der Waals surface area contributed by atoms with Gasteiger partial charge >= 0.3 is 5.97 Å². The van der Waals surface area contributed by atoms with Crippen LogP contribution in [0.1, 0.15) is 131 Å². The zero-order chi connectivity index (χ0) is 96.4. The molecule has 6 aromatic carbocycles. The number of aromatic nitrogens is 6. The zero-order valence-electron chi connectivity index (χ0n) is 78.5. The van der Waals surface area contributed by atoms with Crippen LogP contribution in [-0.2, 0) is 47.6 Å². The van der Waals surface area contributed by atoms with E-state index in [1.807, 2.05) is 84.9 Å². The molecule has 0 bridgehead atoms. The highest BCUT2D eigenvalue weighted by Crippen LogP contribution is 2.44. The summed E-state index contributed by atoms with van der Waals surface area (Å²) in [5.74, 6) is 0.0263. The number of nitrogens with one attached hydrogen (secondary N) is 5. The number of rotatable bonds is 41. The third-order valence-corrected chi connectivity index (χ3v) is 26.9. The van der Waals surface area contributed by atoms with Gasteiger partial charge in [-0.2, -0.15) is 0 Å². The van der Waals surface area contributed by atoms with E-state index in [0.29, 0.717) is 166 Å². The number of aliphatic carboxylic acids is 1. The number of carboxylic acid groups (broad SMARTS) is 1. The van der Waals surface area contributed by atoms with Gasteiger partial charge in [0.25, 0.3) is 23.6 Å². The minimum atomic E-state index is -1.08. The van der Waals surface area contributed by atoms with E-state index in [2.05, 4.69) is 102 Å². The highest BCUT2D eigenvalue weighted by Gasteiger charge is 2.47. The fraction of sp³-hybridized carbons (Fsp3) is 0.451. The van der Waals surface area contributed by atoms with Crippen molar-refractivity contribution in [2.24, 2.45) is 5.73 Å². The van der Waals surface area contributed by atoms with Crippen LogP contribution in [0.3, 0.4) is 0 Å². The molecule has 736 valence electrons. The fourth-order valence-corrected chi connectivity index (χ4v) is 19.7. The third kappa shape index (κ3) is 25.2. The first kappa shape index (κ1) is 99.1. The van der Waals surface area contributed by atoms with E-state index in [1.165, 1.54) is 25.0 Å². The minimum absolute atomic E-state index is 0.101. The number of imide groups is 2. The lowest BCUT2D eigenvalue weighted by atomic mass is 9.89. The van der Waals surface area contributed by atoms with Gasteiger partial charge in [-0.25, -0.2) is 19.9 Å². The van der Waals surface area contributed by atoms with Crippen molar-refractivity contribution in [2.75, 3.05) is 206 Å². The molecule has 0 spiro atoms. The van der Waals surface area contributed by atoms with Gasteiger partial charge in [0.15, 0.2) is 0 Å². The van der Waals surface area contributed by atoms with E-state index >= 15 is 0 Å². The molecular weight excluding hydrogens is 1780 g/mol. The predicted molar refractivity (Wildman–Crippen MR) is 524 cm³/mol. The Labute approximate surface area is 807 Å². The second kappa shape index (κ2) is 49.1. The number of piperazine rings is 2. The van der Waals surface area contributed by atoms with E-state index in [0.717, 1.165) is 188 Å². The Morgan fingerprint density at radius 3 is 1.19 bits per heavy atom. The van der Waals surface area contributed by atoms with E-state index < -0.39 is 41.7 Å². The molecule has 2 aliphatic carbocycles. The number of carboxylic acids is 1. The van der Waals surface area contributed by atoms with Gasteiger partial charge in [-0.3, -0.25) is 67.8 Å². The maximum atomic E-state index is 13.3. The fourth-order valence-electron chi connectivity index (χ4n) is 19.7. The van der Waals surface area contributed by atoms with Crippen molar-refractivity contribution in [1.82, 2.24) is 74.4 Å². The Morgan fingerprint density at radius 2 is 0.784 bits per heavy atom.